The lowest BCUT2D eigenvalue weighted by Crippen LogP contribution is -2.35. The maximum Gasteiger partial charge on any atom is 0.261 e. The van der Waals surface area contributed by atoms with Crippen molar-refractivity contribution in [3.63, 3.8) is 0 Å². The molecule has 1 heterocycles. The molecular formula is C19H15Cl2FN2O3. The van der Waals surface area contributed by atoms with Crippen LogP contribution in [0.2, 0.25) is 10.0 Å². The molecule has 27 heavy (non-hydrogen) atoms. The Morgan fingerprint density at radius 2 is 1.70 bits per heavy atom. The molecule has 0 aromatic heterocycles. The summed E-state index contributed by atoms with van der Waals surface area (Å²) < 4.78 is 13.6. The quantitative estimate of drug-likeness (QED) is 0.600. The number of carbonyl (C=O) groups excluding carboxylic acids is 3. The van der Waals surface area contributed by atoms with Gasteiger partial charge in [-0.3, -0.25) is 19.3 Å². The standard InChI is InChI=1S/C19H15Cl2FN2O3/c1-10(13-8-16(22)15(21)9-14(13)20)23-17(25)6-7-24-18(26)11-4-2-3-5-12(11)19(24)27/h2-5,8-10H,6-7H2,1H3,(H,23,25)/t10-/m1/s1. The Kier molecular flexibility index (Phi) is 5.48. The average molecular weight is 409 g/mol. The summed E-state index contributed by atoms with van der Waals surface area (Å²) in [6, 6.07) is 8.38. The number of hydrogen-bond donors (Lipinski definition) is 1. The second-order valence-electron chi connectivity index (χ2n) is 6.13. The second kappa shape index (κ2) is 7.66. The topological polar surface area (TPSA) is 66.5 Å². The second-order valence-corrected chi connectivity index (χ2v) is 6.95. The highest BCUT2D eigenvalue weighted by Crippen LogP contribution is 2.28. The summed E-state index contributed by atoms with van der Waals surface area (Å²) in [7, 11) is 0. The summed E-state index contributed by atoms with van der Waals surface area (Å²) in [5, 5.41) is 2.80. The van der Waals surface area contributed by atoms with Crippen molar-refractivity contribution in [2.24, 2.45) is 0 Å². The molecule has 0 aliphatic carbocycles. The molecule has 8 heteroatoms. The van der Waals surface area contributed by atoms with E-state index >= 15 is 0 Å². The summed E-state index contributed by atoms with van der Waals surface area (Å²) in [5.41, 5.74) is 1.05. The lowest BCUT2D eigenvalue weighted by molar-refractivity contribution is -0.121. The van der Waals surface area contributed by atoms with Crippen molar-refractivity contribution in [3.8, 4) is 0 Å². The molecular weight excluding hydrogens is 394 g/mol. The van der Waals surface area contributed by atoms with Crippen LogP contribution in [-0.4, -0.2) is 29.2 Å². The van der Waals surface area contributed by atoms with E-state index in [0.717, 1.165) is 4.90 Å². The minimum atomic E-state index is -0.636. The lowest BCUT2D eigenvalue weighted by atomic mass is 10.1. The zero-order valence-corrected chi connectivity index (χ0v) is 15.8. The summed E-state index contributed by atoms with van der Waals surface area (Å²) in [6.07, 6.45) is -0.0799. The van der Waals surface area contributed by atoms with Crippen LogP contribution in [0.4, 0.5) is 4.39 Å². The smallest absolute Gasteiger partial charge is 0.261 e. The monoisotopic (exact) mass is 408 g/mol. The number of nitrogens with zero attached hydrogens (tertiary/aromatic N) is 1. The molecule has 0 spiro atoms. The SMILES string of the molecule is C[C@@H](NC(=O)CCN1C(=O)c2ccccc2C1=O)c1cc(F)c(Cl)cc1Cl. The lowest BCUT2D eigenvalue weighted by Gasteiger charge is -2.18. The van der Waals surface area contributed by atoms with E-state index < -0.39 is 29.6 Å². The molecule has 0 radical (unpaired) electrons. The first-order valence-electron chi connectivity index (χ1n) is 8.18. The highest BCUT2D eigenvalue weighted by Gasteiger charge is 2.35. The molecule has 1 aliphatic rings. The molecule has 1 atom stereocenters. The van der Waals surface area contributed by atoms with Gasteiger partial charge in [0.25, 0.3) is 11.8 Å². The number of benzene rings is 2. The fourth-order valence-electron chi connectivity index (χ4n) is 2.92. The largest absolute Gasteiger partial charge is 0.349 e. The van der Waals surface area contributed by atoms with Crippen molar-refractivity contribution in [2.45, 2.75) is 19.4 Å². The predicted molar refractivity (Wildman–Crippen MR) is 99.4 cm³/mol. The zero-order valence-electron chi connectivity index (χ0n) is 14.3. The van der Waals surface area contributed by atoms with Gasteiger partial charge in [-0.1, -0.05) is 35.3 Å². The van der Waals surface area contributed by atoms with E-state index in [0.29, 0.717) is 16.7 Å². The Hall–Kier alpha value is -2.44. The normalized spacial score (nSPS) is 14.3. The summed E-state index contributed by atoms with van der Waals surface area (Å²) in [5.74, 6) is -1.87. The Labute approximate surface area is 165 Å². The number of amides is 3. The van der Waals surface area contributed by atoms with Crippen molar-refractivity contribution in [3.05, 3.63) is 69.0 Å². The van der Waals surface area contributed by atoms with E-state index in [2.05, 4.69) is 5.32 Å². The van der Waals surface area contributed by atoms with Crippen LogP contribution in [0, 0.1) is 5.82 Å². The summed E-state index contributed by atoms with van der Waals surface area (Å²) >= 11 is 11.7. The summed E-state index contributed by atoms with van der Waals surface area (Å²) in [4.78, 5) is 37.8. The van der Waals surface area contributed by atoms with E-state index in [1.807, 2.05) is 0 Å². The van der Waals surface area contributed by atoms with Gasteiger partial charge in [-0.25, -0.2) is 4.39 Å². The number of halogens is 3. The van der Waals surface area contributed by atoms with Crippen LogP contribution in [0.15, 0.2) is 36.4 Å². The Morgan fingerprint density at radius 3 is 2.30 bits per heavy atom. The van der Waals surface area contributed by atoms with E-state index in [1.165, 1.54) is 12.1 Å². The van der Waals surface area contributed by atoms with E-state index in [-0.39, 0.29) is 23.0 Å². The molecule has 0 fully saturated rings. The van der Waals surface area contributed by atoms with Gasteiger partial charge in [0.2, 0.25) is 5.91 Å². The molecule has 3 rings (SSSR count). The van der Waals surface area contributed by atoms with Crippen LogP contribution in [0.1, 0.15) is 45.7 Å². The molecule has 140 valence electrons. The third-order valence-electron chi connectivity index (χ3n) is 4.32. The molecule has 3 amide bonds. The molecule has 1 aliphatic heterocycles. The van der Waals surface area contributed by atoms with Crippen LogP contribution in [-0.2, 0) is 4.79 Å². The van der Waals surface area contributed by atoms with Crippen LogP contribution in [0.25, 0.3) is 0 Å². The van der Waals surface area contributed by atoms with Gasteiger partial charge in [0.05, 0.1) is 22.2 Å². The predicted octanol–water partition coefficient (Wildman–Crippen LogP) is 4.00. The molecule has 2 aromatic carbocycles. The Balaban J connectivity index is 1.62. The average Bonchev–Trinajstić information content (AvgIpc) is 2.87. The van der Waals surface area contributed by atoms with Crippen molar-refractivity contribution in [2.75, 3.05) is 6.54 Å². The van der Waals surface area contributed by atoms with Gasteiger partial charge in [0.15, 0.2) is 0 Å². The van der Waals surface area contributed by atoms with Gasteiger partial charge in [0.1, 0.15) is 5.82 Å². The minimum Gasteiger partial charge on any atom is -0.349 e. The molecule has 0 unspecified atom stereocenters. The number of carbonyl (C=O) groups is 3. The van der Waals surface area contributed by atoms with E-state index in [4.69, 9.17) is 23.2 Å². The molecule has 0 bridgehead atoms. The number of fused-ring (bicyclic) bond motifs is 1. The first-order chi connectivity index (χ1) is 12.8. The number of imide groups is 1. The maximum absolute atomic E-state index is 13.6. The molecule has 0 saturated heterocycles. The fraction of sp³-hybridized carbons (Fsp3) is 0.211. The summed E-state index contributed by atoms with van der Waals surface area (Å²) in [6.45, 7) is 1.60. The number of nitrogens with one attached hydrogen (secondary N) is 1. The fourth-order valence-corrected chi connectivity index (χ4v) is 3.46. The van der Waals surface area contributed by atoms with Crippen LogP contribution in [0.5, 0.6) is 0 Å². The van der Waals surface area contributed by atoms with Crippen molar-refractivity contribution < 1.29 is 18.8 Å². The molecule has 2 aromatic rings. The highest BCUT2D eigenvalue weighted by atomic mass is 35.5. The third-order valence-corrected chi connectivity index (χ3v) is 4.94. The van der Waals surface area contributed by atoms with E-state index in [9.17, 15) is 18.8 Å². The first kappa shape index (κ1) is 19.3. The Bertz CT molecular complexity index is 914. The van der Waals surface area contributed by atoms with Crippen LogP contribution >= 0.6 is 23.2 Å². The van der Waals surface area contributed by atoms with Crippen molar-refractivity contribution in [1.82, 2.24) is 10.2 Å². The Morgan fingerprint density at radius 1 is 1.11 bits per heavy atom. The van der Waals surface area contributed by atoms with Gasteiger partial charge >= 0.3 is 0 Å². The molecule has 5 nitrogen and oxygen atoms in total. The number of hydrogen-bond acceptors (Lipinski definition) is 3. The first-order valence-corrected chi connectivity index (χ1v) is 8.94. The van der Waals surface area contributed by atoms with Gasteiger partial charge in [-0.15, -0.1) is 0 Å². The third kappa shape index (κ3) is 3.82. The molecule has 0 saturated carbocycles. The van der Waals surface area contributed by atoms with Crippen LogP contribution in [0.3, 0.4) is 0 Å². The van der Waals surface area contributed by atoms with Gasteiger partial charge in [0, 0.05) is 18.0 Å². The zero-order chi connectivity index (χ0) is 19.7. The van der Waals surface area contributed by atoms with Crippen molar-refractivity contribution >= 4 is 40.9 Å². The van der Waals surface area contributed by atoms with Crippen molar-refractivity contribution in [1.29, 1.82) is 0 Å². The van der Waals surface area contributed by atoms with Gasteiger partial charge < -0.3 is 5.32 Å². The van der Waals surface area contributed by atoms with Crippen LogP contribution < -0.4 is 5.32 Å². The van der Waals surface area contributed by atoms with Gasteiger partial charge in [-0.05, 0) is 36.8 Å². The minimum absolute atomic E-state index is 0.0480. The highest BCUT2D eigenvalue weighted by molar-refractivity contribution is 6.35. The van der Waals surface area contributed by atoms with Gasteiger partial charge in [-0.2, -0.15) is 0 Å². The van der Waals surface area contributed by atoms with E-state index in [1.54, 1.807) is 31.2 Å². The molecule has 1 N–H and O–H groups in total. The maximum atomic E-state index is 13.6. The number of rotatable bonds is 5.